The van der Waals surface area contributed by atoms with Crippen molar-refractivity contribution < 1.29 is 24.1 Å². The highest BCUT2D eigenvalue weighted by molar-refractivity contribution is 5.78. The molecule has 0 aromatic heterocycles. The molecule has 0 saturated carbocycles. The van der Waals surface area contributed by atoms with Crippen LogP contribution in [0.25, 0.3) is 0 Å². The summed E-state index contributed by atoms with van der Waals surface area (Å²) >= 11 is 0. The lowest BCUT2D eigenvalue weighted by atomic mass is 9.97. The van der Waals surface area contributed by atoms with Gasteiger partial charge in [0.25, 0.3) is 0 Å². The van der Waals surface area contributed by atoms with Crippen molar-refractivity contribution in [1.29, 1.82) is 0 Å². The summed E-state index contributed by atoms with van der Waals surface area (Å²) in [5.41, 5.74) is 5.99. The predicted molar refractivity (Wildman–Crippen MR) is 63.4 cm³/mol. The van der Waals surface area contributed by atoms with Crippen molar-refractivity contribution in [3.05, 3.63) is 17.7 Å². The first-order chi connectivity index (χ1) is 8.69. The average molecular weight is 253 g/mol. The van der Waals surface area contributed by atoms with Crippen molar-refractivity contribution in [2.75, 3.05) is 26.9 Å². The summed E-state index contributed by atoms with van der Waals surface area (Å²) in [6.45, 7) is 0.868. The maximum atomic E-state index is 11.2. The third kappa shape index (κ3) is 2.06. The van der Waals surface area contributed by atoms with Crippen molar-refractivity contribution >= 4 is 5.97 Å². The van der Waals surface area contributed by atoms with Crippen molar-refractivity contribution in [2.24, 2.45) is 5.73 Å². The second-order valence-electron chi connectivity index (χ2n) is 3.84. The zero-order valence-corrected chi connectivity index (χ0v) is 10.0. The van der Waals surface area contributed by atoms with E-state index in [4.69, 9.17) is 25.1 Å². The summed E-state index contributed by atoms with van der Waals surface area (Å²) in [6.07, 6.45) is 0. The number of hydrogen-bond acceptors (Lipinski definition) is 5. The number of methoxy groups -OCH3 is 1. The van der Waals surface area contributed by atoms with Crippen molar-refractivity contribution in [1.82, 2.24) is 0 Å². The van der Waals surface area contributed by atoms with Crippen LogP contribution >= 0.6 is 0 Å². The van der Waals surface area contributed by atoms with E-state index in [0.29, 0.717) is 36.0 Å². The number of nitrogens with two attached hydrogens (primary N) is 1. The van der Waals surface area contributed by atoms with E-state index in [1.807, 2.05) is 0 Å². The number of hydrogen-bond donors (Lipinski definition) is 2. The molecule has 6 heteroatoms. The summed E-state index contributed by atoms with van der Waals surface area (Å²) in [7, 11) is 1.46. The lowest BCUT2D eigenvalue weighted by Gasteiger charge is -2.23. The standard InChI is InChI=1S/C12H15NO5/c1-16-10-7(8(6-13)12(14)15)2-3-9-11(10)18-5-4-17-9/h2-3,8H,4-6,13H2,1H3,(H,14,15). The number of ether oxygens (including phenoxy) is 3. The molecule has 98 valence electrons. The van der Waals surface area contributed by atoms with Gasteiger partial charge in [0.2, 0.25) is 5.75 Å². The van der Waals surface area contributed by atoms with E-state index >= 15 is 0 Å². The highest BCUT2D eigenvalue weighted by atomic mass is 16.6. The molecule has 1 aromatic carbocycles. The summed E-state index contributed by atoms with van der Waals surface area (Å²) in [5, 5.41) is 9.14. The zero-order chi connectivity index (χ0) is 13.1. The number of carboxylic acid groups (broad SMARTS) is 1. The number of carbonyl (C=O) groups is 1. The smallest absolute Gasteiger partial charge is 0.312 e. The van der Waals surface area contributed by atoms with Gasteiger partial charge in [-0.05, 0) is 6.07 Å². The Balaban J connectivity index is 2.51. The molecule has 1 unspecified atom stereocenters. The molecule has 0 saturated heterocycles. The molecule has 1 aliphatic heterocycles. The highest BCUT2D eigenvalue weighted by Crippen LogP contribution is 2.44. The Morgan fingerprint density at radius 3 is 2.83 bits per heavy atom. The third-order valence-electron chi connectivity index (χ3n) is 2.81. The van der Waals surface area contributed by atoms with Crippen molar-refractivity contribution in [3.8, 4) is 17.2 Å². The molecule has 0 spiro atoms. The quantitative estimate of drug-likeness (QED) is 0.816. The number of benzene rings is 1. The van der Waals surface area contributed by atoms with Crippen LogP contribution in [0, 0.1) is 0 Å². The van der Waals surface area contributed by atoms with E-state index in [1.165, 1.54) is 7.11 Å². The molecule has 2 rings (SSSR count). The van der Waals surface area contributed by atoms with Gasteiger partial charge in [0.15, 0.2) is 11.5 Å². The van der Waals surface area contributed by atoms with E-state index in [9.17, 15) is 4.79 Å². The van der Waals surface area contributed by atoms with Gasteiger partial charge in [0.1, 0.15) is 13.2 Å². The molecule has 1 heterocycles. The summed E-state index contributed by atoms with van der Waals surface area (Å²) in [4.78, 5) is 11.2. The van der Waals surface area contributed by atoms with Gasteiger partial charge in [-0.25, -0.2) is 0 Å². The summed E-state index contributed by atoms with van der Waals surface area (Å²) in [6, 6.07) is 3.33. The van der Waals surface area contributed by atoms with Gasteiger partial charge >= 0.3 is 5.97 Å². The Labute approximate surface area is 104 Å². The van der Waals surface area contributed by atoms with Crippen LogP contribution in [0.4, 0.5) is 0 Å². The van der Waals surface area contributed by atoms with Gasteiger partial charge in [-0.2, -0.15) is 0 Å². The molecule has 0 amide bonds. The molecule has 0 radical (unpaired) electrons. The van der Waals surface area contributed by atoms with Crippen LogP contribution in [0.15, 0.2) is 12.1 Å². The van der Waals surface area contributed by atoms with Crippen molar-refractivity contribution in [3.63, 3.8) is 0 Å². The fourth-order valence-electron chi connectivity index (χ4n) is 1.95. The fraction of sp³-hybridized carbons (Fsp3) is 0.417. The minimum Gasteiger partial charge on any atom is -0.492 e. The van der Waals surface area contributed by atoms with E-state index < -0.39 is 11.9 Å². The maximum Gasteiger partial charge on any atom is 0.312 e. The van der Waals surface area contributed by atoms with Gasteiger partial charge in [-0.1, -0.05) is 6.07 Å². The van der Waals surface area contributed by atoms with Crippen molar-refractivity contribution in [2.45, 2.75) is 5.92 Å². The van der Waals surface area contributed by atoms with Crippen LogP contribution in [0.2, 0.25) is 0 Å². The Kier molecular flexibility index (Phi) is 3.57. The van der Waals surface area contributed by atoms with Gasteiger partial charge in [-0.15, -0.1) is 0 Å². The van der Waals surface area contributed by atoms with Gasteiger partial charge in [0.05, 0.1) is 13.0 Å². The molecule has 0 bridgehead atoms. The minimum absolute atomic E-state index is 0.00859. The third-order valence-corrected chi connectivity index (χ3v) is 2.81. The topological polar surface area (TPSA) is 91.0 Å². The van der Waals surface area contributed by atoms with E-state index in [2.05, 4.69) is 0 Å². The maximum absolute atomic E-state index is 11.2. The summed E-state index contributed by atoms with van der Waals surface area (Å²) in [5.74, 6) is -0.433. The lowest BCUT2D eigenvalue weighted by molar-refractivity contribution is -0.138. The van der Waals surface area contributed by atoms with Crippen LogP contribution in [0.3, 0.4) is 0 Å². The van der Waals surface area contributed by atoms with Crippen LogP contribution in [0.5, 0.6) is 17.2 Å². The predicted octanol–water partition coefficient (Wildman–Crippen LogP) is 0.593. The van der Waals surface area contributed by atoms with Crippen LogP contribution in [0.1, 0.15) is 11.5 Å². The second kappa shape index (κ2) is 5.14. The van der Waals surface area contributed by atoms with Gasteiger partial charge in [0, 0.05) is 12.1 Å². The fourth-order valence-corrected chi connectivity index (χ4v) is 1.95. The first-order valence-electron chi connectivity index (χ1n) is 5.58. The molecule has 0 aliphatic carbocycles. The molecule has 6 nitrogen and oxygen atoms in total. The van der Waals surface area contributed by atoms with Gasteiger partial charge < -0.3 is 25.1 Å². The number of fused-ring (bicyclic) bond motifs is 1. The molecule has 3 N–H and O–H groups in total. The van der Waals surface area contributed by atoms with E-state index in [1.54, 1.807) is 12.1 Å². The zero-order valence-electron chi connectivity index (χ0n) is 10.0. The van der Waals surface area contributed by atoms with Crippen LogP contribution in [-0.4, -0.2) is 37.9 Å². The molecular weight excluding hydrogens is 238 g/mol. The molecule has 1 aliphatic rings. The molecule has 0 fully saturated rings. The first-order valence-corrected chi connectivity index (χ1v) is 5.58. The van der Waals surface area contributed by atoms with Crippen LogP contribution < -0.4 is 19.9 Å². The van der Waals surface area contributed by atoms with E-state index in [0.717, 1.165) is 0 Å². The number of carboxylic acids is 1. The molecular formula is C12H15NO5. The Bertz CT molecular complexity index is 460. The number of rotatable bonds is 4. The normalized spacial score (nSPS) is 15.0. The molecule has 1 aromatic rings. The summed E-state index contributed by atoms with van der Waals surface area (Å²) < 4.78 is 16.1. The molecule has 18 heavy (non-hydrogen) atoms. The largest absolute Gasteiger partial charge is 0.492 e. The van der Waals surface area contributed by atoms with Crippen LogP contribution in [-0.2, 0) is 4.79 Å². The second-order valence-corrected chi connectivity index (χ2v) is 3.84. The Morgan fingerprint density at radius 2 is 2.22 bits per heavy atom. The van der Waals surface area contributed by atoms with E-state index in [-0.39, 0.29) is 6.54 Å². The molecule has 1 atom stereocenters. The average Bonchev–Trinajstić information content (AvgIpc) is 2.38. The van der Waals surface area contributed by atoms with Gasteiger partial charge in [-0.3, -0.25) is 4.79 Å². The lowest BCUT2D eigenvalue weighted by Crippen LogP contribution is -2.23. The minimum atomic E-state index is -0.993. The SMILES string of the molecule is COc1c(C(CN)C(=O)O)ccc2c1OCCO2. The Morgan fingerprint density at radius 1 is 1.50 bits per heavy atom. The number of aliphatic carboxylic acids is 1. The monoisotopic (exact) mass is 253 g/mol. The highest BCUT2D eigenvalue weighted by Gasteiger charge is 2.27. The Hall–Kier alpha value is -1.95. The first kappa shape index (κ1) is 12.5.